The van der Waals surface area contributed by atoms with Crippen molar-refractivity contribution < 1.29 is 4.79 Å². The third-order valence-electron chi connectivity index (χ3n) is 3.54. The smallest absolute Gasteiger partial charge is 0.258 e. The second-order valence-electron chi connectivity index (χ2n) is 5.10. The van der Waals surface area contributed by atoms with Crippen LogP contribution < -0.4 is 10.6 Å². The molecule has 0 atom stereocenters. The average Bonchev–Trinajstić information content (AvgIpc) is 2.67. The first kappa shape index (κ1) is 15.3. The molecule has 1 saturated carbocycles. The number of amides is 1. The fourth-order valence-corrected chi connectivity index (χ4v) is 2.94. The van der Waals surface area contributed by atoms with Crippen LogP contribution in [0.5, 0.6) is 0 Å². The fraction of sp³-hybridized carbons (Fsp3) is 0.467. The third kappa shape index (κ3) is 4.46. The van der Waals surface area contributed by atoms with Gasteiger partial charge in [0.25, 0.3) is 5.91 Å². The molecular weight excluding hydrogens is 292 g/mol. The molecule has 1 fully saturated rings. The van der Waals surface area contributed by atoms with Gasteiger partial charge in [-0.1, -0.05) is 49.4 Å². The van der Waals surface area contributed by atoms with E-state index in [4.69, 9.17) is 23.8 Å². The molecule has 0 aliphatic heterocycles. The van der Waals surface area contributed by atoms with Gasteiger partial charge in [-0.05, 0) is 37.2 Å². The van der Waals surface area contributed by atoms with Crippen molar-refractivity contribution in [2.24, 2.45) is 0 Å². The number of halogens is 1. The van der Waals surface area contributed by atoms with Crippen LogP contribution in [0.2, 0.25) is 5.02 Å². The van der Waals surface area contributed by atoms with Crippen LogP contribution >= 0.6 is 23.8 Å². The molecule has 0 saturated heterocycles. The van der Waals surface area contributed by atoms with Gasteiger partial charge in [-0.3, -0.25) is 10.1 Å². The summed E-state index contributed by atoms with van der Waals surface area (Å²) in [6.07, 6.45) is 7.25. The van der Waals surface area contributed by atoms with Crippen LogP contribution in [-0.2, 0) is 0 Å². The minimum atomic E-state index is -0.262. The molecule has 0 spiro atoms. The van der Waals surface area contributed by atoms with Crippen LogP contribution in [-0.4, -0.2) is 17.1 Å². The molecule has 0 aromatic heterocycles. The van der Waals surface area contributed by atoms with Crippen molar-refractivity contribution in [3.05, 3.63) is 34.9 Å². The monoisotopic (exact) mass is 310 g/mol. The second-order valence-corrected chi connectivity index (χ2v) is 5.91. The Bertz CT molecular complexity index is 485. The summed E-state index contributed by atoms with van der Waals surface area (Å²) in [6.45, 7) is 0. The van der Waals surface area contributed by atoms with Gasteiger partial charge in [0.2, 0.25) is 0 Å². The van der Waals surface area contributed by atoms with Crippen molar-refractivity contribution in [3.8, 4) is 0 Å². The van der Waals surface area contributed by atoms with Crippen LogP contribution in [0, 0.1) is 0 Å². The molecule has 1 aromatic rings. The minimum absolute atomic E-state index is 0.262. The van der Waals surface area contributed by atoms with E-state index in [1.165, 1.54) is 25.7 Å². The zero-order valence-electron chi connectivity index (χ0n) is 11.3. The van der Waals surface area contributed by atoms with E-state index in [2.05, 4.69) is 10.6 Å². The minimum Gasteiger partial charge on any atom is -0.360 e. The lowest BCUT2D eigenvalue weighted by molar-refractivity contribution is 0.0976. The molecule has 1 amide bonds. The van der Waals surface area contributed by atoms with Crippen LogP contribution in [0.25, 0.3) is 0 Å². The summed E-state index contributed by atoms with van der Waals surface area (Å²) < 4.78 is 0. The first-order valence-electron chi connectivity index (χ1n) is 7.03. The molecule has 2 N–H and O–H groups in total. The molecule has 20 heavy (non-hydrogen) atoms. The Kier molecular flexibility index (Phi) is 5.80. The van der Waals surface area contributed by atoms with Crippen LogP contribution in [0.4, 0.5) is 0 Å². The molecule has 1 aliphatic carbocycles. The van der Waals surface area contributed by atoms with Crippen molar-refractivity contribution in [3.63, 3.8) is 0 Å². The summed E-state index contributed by atoms with van der Waals surface area (Å²) in [5.74, 6) is -0.262. The number of hydrogen-bond acceptors (Lipinski definition) is 2. The summed E-state index contributed by atoms with van der Waals surface area (Å²) in [5.41, 5.74) is 0.444. The molecule has 0 radical (unpaired) electrons. The van der Waals surface area contributed by atoms with Gasteiger partial charge < -0.3 is 5.32 Å². The predicted octanol–water partition coefficient (Wildman–Crippen LogP) is 3.67. The van der Waals surface area contributed by atoms with E-state index in [-0.39, 0.29) is 5.91 Å². The summed E-state index contributed by atoms with van der Waals surface area (Å²) in [7, 11) is 0. The molecule has 0 bridgehead atoms. The zero-order chi connectivity index (χ0) is 14.4. The van der Waals surface area contributed by atoms with Gasteiger partial charge >= 0.3 is 0 Å². The highest BCUT2D eigenvalue weighted by Crippen LogP contribution is 2.17. The van der Waals surface area contributed by atoms with E-state index < -0.39 is 0 Å². The van der Waals surface area contributed by atoms with Crippen molar-refractivity contribution in [1.82, 2.24) is 10.6 Å². The molecular formula is C15H19ClN2OS. The Morgan fingerprint density at radius 1 is 1.15 bits per heavy atom. The van der Waals surface area contributed by atoms with E-state index in [0.29, 0.717) is 21.7 Å². The van der Waals surface area contributed by atoms with Crippen LogP contribution in [0.3, 0.4) is 0 Å². The number of benzene rings is 1. The summed E-state index contributed by atoms with van der Waals surface area (Å²) in [6, 6.07) is 7.32. The Balaban J connectivity index is 1.87. The molecule has 1 aromatic carbocycles. The standard InChI is InChI=1S/C15H19ClN2OS/c16-13-10-6-5-9-12(13)14(19)18-15(20)17-11-7-3-1-2-4-8-11/h5-6,9-11H,1-4,7-8H2,(H2,17,18,19,20). The highest BCUT2D eigenvalue weighted by atomic mass is 35.5. The maximum Gasteiger partial charge on any atom is 0.258 e. The van der Waals surface area contributed by atoms with E-state index in [9.17, 15) is 4.79 Å². The van der Waals surface area contributed by atoms with Crippen molar-refractivity contribution in [2.75, 3.05) is 0 Å². The quantitative estimate of drug-likeness (QED) is 0.647. The fourth-order valence-electron chi connectivity index (χ4n) is 2.46. The largest absolute Gasteiger partial charge is 0.360 e. The predicted molar refractivity (Wildman–Crippen MR) is 86.1 cm³/mol. The molecule has 108 valence electrons. The molecule has 5 heteroatoms. The Hall–Kier alpha value is -1.13. The van der Waals surface area contributed by atoms with E-state index in [1.54, 1.807) is 24.3 Å². The van der Waals surface area contributed by atoms with Crippen LogP contribution in [0.1, 0.15) is 48.9 Å². The van der Waals surface area contributed by atoms with E-state index >= 15 is 0 Å². The van der Waals surface area contributed by atoms with Crippen molar-refractivity contribution >= 4 is 34.8 Å². The third-order valence-corrected chi connectivity index (χ3v) is 4.09. The first-order valence-corrected chi connectivity index (χ1v) is 7.82. The SMILES string of the molecule is O=C(NC(=S)NC1CCCCCC1)c1ccccc1Cl. The van der Waals surface area contributed by atoms with Crippen molar-refractivity contribution in [1.29, 1.82) is 0 Å². The molecule has 3 nitrogen and oxygen atoms in total. The van der Waals surface area contributed by atoms with E-state index in [0.717, 1.165) is 12.8 Å². The van der Waals surface area contributed by atoms with Crippen LogP contribution in [0.15, 0.2) is 24.3 Å². The Morgan fingerprint density at radius 3 is 2.45 bits per heavy atom. The second kappa shape index (κ2) is 7.60. The summed E-state index contributed by atoms with van der Waals surface area (Å²) >= 11 is 11.2. The van der Waals surface area contributed by atoms with Crippen molar-refractivity contribution in [2.45, 2.75) is 44.6 Å². The number of thiocarbonyl (C=S) groups is 1. The maximum atomic E-state index is 12.1. The van der Waals surface area contributed by atoms with E-state index in [1.807, 2.05) is 0 Å². The molecule has 2 rings (SSSR count). The summed E-state index contributed by atoms with van der Waals surface area (Å²) in [4.78, 5) is 12.1. The highest BCUT2D eigenvalue weighted by molar-refractivity contribution is 7.80. The number of carbonyl (C=O) groups is 1. The lowest BCUT2D eigenvalue weighted by Gasteiger charge is -2.18. The normalized spacial score (nSPS) is 16.2. The summed E-state index contributed by atoms with van der Waals surface area (Å²) in [5, 5.41) is 6.76. The number of nitrogens with one attached hydrogen (secondary N) is 2. The van der Waals surface area contributed by atoms with Gasteiger partial charge in [0.05, 0.1) is 10.6 Å². The lowest BCUT2D eigenvalue weighted by atomic mass is 10.1. The average molecular weight is 311 g/mol. The van der Waals surface area contributed by atoms with Gasteiger partial charge in [0.1, 0.15) is 0 Å². The Morgan fingerprint density at radius 2 is 1.80 bits per heavy atom. The lowest BCUT2D eigenvalue weighted by Crippen LogP contribution is -2.44. The van der Waals surface area contributed by atoms with Gasteiger partial charge in [-0.2, -0.15) is 0 Å². The molecule has 1 aliphatic rings. The number of hydrogen-bond donors (Lipinski definition) is 2. The number of carbonyl (C=O) groups excluding carboxylic acids is 1. The van der Waals surface area contributed by atoms with Gasteiger partial charge in [0.15, 0.2) is 5.11 Å². The van der Waals surface area contributed by atoms with Gasteiger partial charge in [0, 0.05) is 6.04 Å². The molecule has 0 unspecified atom stereocenters. The van der Waals surface area contributed by atoms with Gasteiger partial charge in [-0.25, -0.2) is 0 Å². The maximum absolute atomic E-state index is 12.1. The highest BCUT2D eigenvalue weighted by Gasteiger charge is 2.15. The number of rotatable bonds is 2. The first-order chi connectivity index (χ1) is 9.66. The molecule has 0 heterocycles. The topological polar surface area (TPSA) is 41.1 Å². The Labute approximate surface area is 130 Å². The zero-order valence-corrected chi connectivity index (χ0v) is 12.9. The van der Waals surface area contributed by atoms with Gasteiger partial charge in [-0.15, -0.1) is 0 Å².